The zero-order valence-corrected chi connectivity index (χ0v) is 8.87. The van der Waals surface area contributed by atoms with E-state index in [-0.39, 0.29) is 5.75 Å². The van der Waals surface area contributed by atoms with Crippen LogP contribution in [-0.2, 0) is 6.42 Å². The van der Waals surface area contributed by atoms with Crippen molar-refractivity contribution in [2.75, 3.05) is 14.2 Å². The molecule has 0 aliphatic carbocycles. The Balaban J connectivity index is 2.79. The number of ether oxygens (including phenoxy) is 1. The third-order valence-electron chi connectivity index (χ3n) is 2.28. The molecule has 0 amide bonds. The number of likely N-dealkylation sites (N-methyl/N-ethyl adjacent to an activating group) is 1. The second-order valence-electron chi connectivity index (χ2n) is 3.40. The van der Waals surface area contributed by atoms with Crippen molar-refractivity contribution in [1.82, 2.24) is 5.32 Å². The lowest BCUT2D eigenvalue weighted by Crippen LogP contribution is -2.23. The van der Waals surface area contributed by atoms with Gasteiger partial charge in [-0.1, -0.05) is 6.07 Å². The molecule has 0 aliphatic rings. The van der Waals surface area contributed by atoms with Crippen LogP contribution >= 0.6 is 0 Å². The minimum atomic E-state index is 0.188. The first kappa shape index (κ1) is 10.9. The van der Waals surface area contributed by atoms with Crippen molar-refractivity contribution in [2.45, 2.75) is 19.4 Å². The summed E-state index contributed by atoms with van der Waals surface area (Å²) in [4.78, 5) is 0. The Morgan fingerprint density at radius 2 is 2.21 bits per heavy atom. The summed E-state index contributed by atoms with van der Waals surface area (Å²) in [7, 11) is 3.49. The van der Waals surface area contributed by atoms with Crippen molar-refractivity contribution in [3.63, 3.8) is 0 Å². The maximum absolute atomic E-state index is 9.39. The van der Waals surface area contributed by atoms with E-state index in [1.807, 2.05) is 19.2 Å². The van der Waals surface area contributed by atoms with Gasteiger partial charge in [0.2, 0.25) is 0 Å². The molecule has 0 saturated heterocycles. The summed E-state index contributed by atoms with van der Waals surface area (Å²) >= 11 is 0. The molecule has 1 aromatic rings. The molecule has 0 radical (unpaired) electrons. The maximum Gasteiger partial charge on any atom is 0.160 e. The van der Waals surface area contributed by atoms with Gasteiger partial charge in [0.15, 0.2) is 11.5 Å². The van der Waals surface area contributed by atoms with Crippen molar-refractivity contribution in [3.05, 3.63) is 23.8 Å². The summed E-state index contributed by atoms with van der Waals surface area (Å²) in [6.45, 7) is 2.11. The quantitative estimate of drug-likeness (QED) is 0.766. The molecule has 1 rings (SSSR count). The first-order chi connectivity index (χ1) is 6.67. The lowest BCUT2D eigenvalue weighted by Gasteiger charge is -2.11. The summed E-state index contributed by atoms with van der Waals surface area (Å²) in [5.41, 5.74) is 1.15. The number of phenolic OH excluding ortho intramolecular Hbond substituents is 1. The number of nitrogens with one attached hydrogen (secondary N) is 1. The molecule has 1 atom stereocenters. The molecule has 0 aromatic heterocycles. The minimum Gasteiger partial charge on any atom is -0.504 e. The third kappa shape index (κ3) is 2.64. The molecule has 78 valence electrons. The molecule has 14 heavy (non-hydrogen) atoms. The molecule has 0 aliphatic heterocycles. The predicted molar refractivity (Wildman–Crippen MR) is 56.9 cm³/mol. The standard InChI is InChI=1S/C11H17NO2/c1-8(12-2)6-9-4-5-10(13)11(7-9)14-3/h4-5,7-8,12-13H,6H2,1-3H3. The van der Waals surface area contributed by atoms with Gasteiger partial charge >= 0.3 is 0 Å². The van der Waals surface area contributed by atoms with Gasteiger partial charge in [0.05, 0.1) is 7.11 Å². The monoisotopic (exact) mass is 195 g/mol. The van der Waals surface area contributed by atoms with Crippen LogP contribution in [0.15, 0.2) is 18.2 Å². The summed E-state index contributed by atoms with van der Waals surface area (Å²) < 4.78 is 5.03. The summed E-state index contributed by atoms with van der Waals surface area (Å²) in [6, 6.07) is 5.86. The highest BCUT2D eigenvalue weighted by atomic mass is 16.5. The van der Waals surface area contributed by atoms with Crippen LogP contribution in [0.1, 0.15) is 12.5 Å². The maximum atomic E-state index is 9.39. The second-order valence-corrected chi connectivity index (χ2v) is 3.40. The van der Waals surface area contributed by atoms with Gasteiger partial charge < -0.3 is 15.2 Å². The van der Waals surface area contributed by atoms with Gasteiger partial charge in [-0.2, -0.15) is 0 Å². The Kier molecular flexibility index (Phi) is 3.77. The Labute approximate surface area is 84.7 Å². The van der Waals surface area contributed by atoms with Gasteiger partial charge in [-0.15, -0.1) is 0 Å². The molecule has 0 bridgehead atoms. The fourth-order valence-electron chi connectivity index (χ4n) is 1.30. The Morgan fingerprint density at radius 1 is 1.50 bits per heavy atom. The van der Waals surface area contributed by atoms with Crippen molar-refractivity contribution in [2.24, 2.45) is 0 Å². The molecule has 0 saturated carbocycles. The molecule has 1 unspecified atom stereocenters. The summed E-state index contributed by atoms with van der Waals surface area (Å²) in [6.07, 6.45) is 0.924. The number of methoxy groups -OCH3 is 1. The van der Waals surface area contributed by atoms with E-state index in [0.717, 1.165) is 12.0 Å². The van der Waals surface area contributed by atoms with Crippen LogP contribution in [0.3, 0.4) is 0 Å². The van der Waals surface area contributed by atoms with E-state index in [0.29, 0.717) is 11.8 Å². The Bertz CT molecular complexity index is 299. The number of hydrogen-bond acceptors (Lipinski definition) is 3. The van der Waals surface area contributed by atoms with E-state index >= 15 is 0 Å². The average molecular weight is 195 g/mol. The van der Waals surface area contributed by atoms with E-state index in [1.54, 1.807) is 13.2 Å². The number of benzene rings is 1. The molecule has 3 heteroatoms. The first-order valence-electron chi connectivity index (χ1n) is 4.70. The number of hydrogen-bond donors (Lipinski definition) is 2. The topological polar surface area (TPSA) is 41.5 Å². The van der Waals surface area contributed by atoms with E-state index in [9.17, 15) is 5.11 Å². The molecule has 0 fully saturated rings. The first-order valence-corrected chi connectivity index (χ1v) is 4.70. The zero-order chi connectivity index (χ0) is 10.6. The van der Waals surface area contributed by atoms with E-state index in [4.69, 9.17) is 4.74 Å². The molecule has 1 aromatic carbocycles. The Morgan fingerprint density at radius 3 is 2.79 bits per heavy atom. The lowest BCUT2D eigenvalue weighted by atomic mass is 10.1. The fraction of sp³-hybridized carbons (Fsp3) is 0.455. The van der Waals surface area contributed by atoms with Crippen molar-refractivity contribution >= 4 is 0 Å². The van der Waals surface area contributed by atoms with Crippen LogP contribution < -0.4 is 10.1 Å². The molecular weight excluding hydrogens is 178 g/mol. The number of phenols is 1. The van der Waals surface area contributed by atoms with Crippen LogP contribution in [0.2, 0.25) is 0 Å². The fourth-order valence-corrected chi connectivity index (χ4v) is 1.30. The van der Waals surface area contributed by atoms with Crippen LogP contribution in [0.5, 0.6) is 11.5 Å². The zero-order valence-electron chi connectivity index (χ0n) is 8.87. The van der Waals surface area contributed by atoms with Crippen molar-refractivity contribution < 1.29 is 9.84 Å². The van der Waals surface area contributed by atoms with E-state index in [2.05, 4.69) is 12.2 Å². The Hall–Kier alpha value is -1.22. The van der Waals surface area contributed by atoms with Gasteiger partial charge in [-0.3, -0.25) is 0 Å². The van der Waals surface area contributed by atoms with Gasteiger partial charge in [-0.25, -0.2) is 0 Å². The summed E-state index contributed by atoms with van der Waals surface area (Å²) in [5, 5.41) is 12.5. The minimum absolute atomic E-state index is 0.188. The average Bonchev–Trinajstić information content (AvgIpc) is 2.20. The van der Waals surface area contributed by atoms with Gasteiger partial charge in [0, 0.05) is 6.04 Å². The van der Waals surface area contributed by atoms with Crippen molar-refractivity contribution in [1.29, 1.82) is 0 Å². The second kappa shape index (κ2) is 4.86. The van der Waals surface area contributed by atoms with Crippen LogP contribution in [0.25, 0.3) is 0 Å². The highest BCUT2D eigenvalue weighted by molar-refractivity contribution is 5.41. The molecular formula is C11H17NO2. The van der Waals surface area contributed by atoms with Gasteiger partial charge in [-0.05, 0) is 38.1 Å². The normalized spacial score (nSPS) is 12.5. The van der Waals surface area contributed by atoms with Crippen LogP contribution in [0.4, 0.5) is 0 Å². The third-order valence-corrected chi connectivity index (χ3v) is 2.28. The number of rotatable bonds is 4. The van der Waals surface area contributed by atoms with Crippen LogP contribution in [-0.4, -0.2) is 25.3 Å². The van der Waals surface area contributed by atoms with Gasteiger partial charge in [0.25, 0.3) is 0 Å². The summed E-state index contributed by atoms with van der Waals surface area (Å²) in [5.74, 6) is 0.721. The van der Waals surface area contributed by atoms with E-state index < -0.39 is 0 Å². The lowest BCUT2D eigenvalue weighted by molar-refractivity contribution is 0.372. The van der Waals surface area contributed by atoms with Crippen molar-refractivity contribution in [3.8, 4) is 11.5 Å². The molecule has 0 heterocycles. The van der Waals surface area contributed by atoms with Gasteiger partial charge in [0.1, 0.15) is 0 Å². The SMILES string of the molecule is CNC(C)Cc1ccc(O)c(OC)c1. The highest BCUT2D eigenvalue weighted by Crippen LogP contribution is 2.26. The molecule has 3 nitrogen and oxygen atoms in total. The van der Waals surface area contributed by atoms with Crippen LogP contribution in [0, 0.1) is 0 Å². The molecule has 2 N–H and O–H groups in total. The van der Waals surface area contributed by atoms with E-state index in [1.165, 1.54) is 0 Å². The highest BCUT2D eigenvalue weighted by Gasteiger charge is 2.05. The smallest absolute Gasteiger partial charge is 0.160 e. The predicted octanol–water partition coefficient (Wildman–Crippen LogP) is 1.55. The largest absolute Gasteiger partial charge is 0.504 e. The number of aromatic hydroxyl groups is 1. The molecule has 0 spiro atoms.